The number of hydrogen-bond acceptors (Lipinski definition) is 4. The van der Waals surface area contributed by atoms with E-state index in [9.17, 15) is 4.79 Å². The molecule has 21 heavy (non-hydrogen) atoms. The van der Waals surface area contributed by atoms with Gasteiger partial charge in [-0.1, -0.05) is 29.8 Å². The molecule has 2 aromatic carbocycles. The molecule has 0 bridgehead atoms. The Balaban J connectivity index is 1.92. The number of nitrogens with two attached hydrogens (primary N) is 1. The number of carboxylic acids is 1. The fraction of sp³-hybridized carbons (Fsp3) is 0.133. The number of para-hydroxylation sites is 1. The molecular formula is C15H14ClNO3S. The summed E-state index contributed by atoms with van der Waals surface area (Å²) in [6, 6.07) is 11.9. The maximum absolute atomic E-state index is 11.0. The third kappa shape index (κ3) is 4.06. The van der Waals surface area contributed by atoms with E-state index in [-0.39, 0.29) is 5.56 Å². The van der Waals surface area contributed by atoms with Gasteiger partial charge in [-0.25, -0.2) is 4.79 Å². The molecule has 2 aromatic rings. The van der Waals surface area contributed by atoms with Crippen molar-refractivity contribution in [2.45, 2.75) is 4.90 Å². The van der Waals surface area contributed by atoms with Crippen LogP contribution in [-0.2, 0) is 0 Å². The molecule has 0 fully saturated rings. The van der Waals surface area contributed by atoms with Crippen LogP contribution >= 0.6 is 23.4 Å². The van der Waals surface area contributed by atoms with Crippen LogP contribution in [0.2, 0.25) is 5.02 Å². The molecule has 110 valence electrons. The van der Waals surface area contributed by atoms with Crippen LogP contribution in [0.5, 0.6) is 5.75 Å². The third-order valence-electron chi connectivity index (χ3n) is 2.70. The summed E-state index contributed by atoms with van der Waals surface area (Å²) < 4.78 is 5.51. The van der Waals surface area contributed by atoms with Crippen molar-refractivity contribution in [2.24, 2.45) is 0 Å². The summed E-state index contributed by atoms with van der Waals surface area (Å²) in [5.74, 6) is -0.0339. The Labute approximate surface area is 131 Å². The zero-order chi connectivity index (χ0) is 15.2. The van der Waals surface area contributed by atoms with Gasteiger partial charge in [0.25, 0.3) is 0 Å². The van der Waals surface area contributed by atoms with Crippen molar-refractivity contribution < 1.29 is 14.6 Å². The average Bonchev–Trinajstić information content (AvgIpc) is 2.46. The van der Waals surface area contributed by atoms with E-state index >= 15 is 0 Å². The number of rotatable bonds is 6. The highest BCUT2D eigenvalue weighted by atomic mass is 35.5. The lowest BCUT2D eigenvalue weighted by Gasteiger charge is -2.10. The molecule has 0 spiro atoms. The molecule has 0 atom stereocenters. The molecule has 0 aliphatic carbocycles. The number of carboxylic acid groups (broad SMARTS) is 1. The second kappa shape index (κ2) is 7.24. The van der Waals surface area contributed by atoms with Gasteiger partial charge >= 0.3 is 5.97 Å². The summed E-state index contributed by atoms with van der Waals surface area (Å²) in [6.45, 7) is 0.361. The molecule has 0 aliphatic rings. The Morgan fingerprint density at radius 2 is 2.00 bits per heavy atom. The number of benzene rings is 2. The van der Waals surface area contributed by atoms with Gasteiger partial charge in [0.05, 0.1) is 11.6 Å². The topological polar surface area (TPSA) is 72.5 Å². The van der Waals surface area contributed by atoms with E-state index < -0.39 is 5.97 Å². The van der Waals surface area contributed by atoms with Crippen LogP contribution in [0.15, 0.2) is 47.4 Å². The Kier molecular flexibility index (Phi) is 5.36. The van der Waals surface area contributed by atoms with Crippen LogP contribution < -0.4 is 10.5 Å². The van der Waals surface area contributed by atoms with Gasteiger partial charge in [0.15, 0.2) is 0 Å². The van der Waals surface area contributed by atoms with E-state index in [1.54, 1.807) is 36.4 Å². The number of anilines is 1. The number of thioether (sulfide) groups is 1. The van der Waals surface area contributed by atoms with Crippen LogP contribution in [0.4, 0.5) is 5.69 Å². The van der Waals surface area contributed by atoms with Gasteiger partial charge in [-0.2, -0.15) is 0 Å². The first-order chi connectivity index (χ1) is 10.1. The van der Waals surface area contributed by atoms with E-state index in [4.69, 9.17) is 27.2 Å². The molecule has 0 aliphatic heterocycles. The van der Waals surface area contributed by atoms with Crippen LogP contribution in [0.25, 0.3) is 0 Å². The molecule has 0 saturated carbocycles. The summed E-state index contributed by atoms with van der Waals surface area (Å²) in [7, 11) is 0. The molecule has 3 N–H and O–H groups in total. The van der Waals surface area contributed by atoms with Gasteiger partial charge in [-0.05, 0) is 24.3 Å². The first kappa shape index (κ1) is 15.5. The van der Waals surface area contributed by atoms with Crippen molar-refractivity contribution >= 4 is 35.0 Å². The molecule has 2 rings (SSSR count). The second-order valence-electron chi connectivity index (χ2n) is 4.16. The molecule has 6 heteroatoms. The second-order valence-corrected chi connectivity index (χ2v) is 5.67. The van der Waals surface area contributed by atoms with Crippen LogP contribution in [0.1, 0.15) is 10.4 Å². The fourth-order valence-corrected chi connectivity index (χ4v) is 2.90. The zero-order valence-corrected chi connectivity index (χ0v) is 12.7. The van der Waals surface area contributed by atoms with Gasteiger partial charge in [0.2, 0.25) is 0 Å². The maximum Gasteiger partial charge on any atom is 0.339 e. The average molecular weight is 324 g/mol. The van der Waals surface area contributed by atoms with Crippen LogP contribution in [0.3, 0.4) is 0 Å². The first-order valence-electron chi connectivity index (χ1n) is 6.21. The van der Waals surface area contributed by atoms with Crippen molar-refractivity contribution in [3.8, 4) is 5.75 Å². The molecule has 4 nitrogen and oxygen atoms in total. The summed E-state index contributed by atoms with van der Waals surface area (Å²) >= 11 is 7.55. The number of ether oxygens (including phenoxy) is 1. The predicted molar refractivity (Wildman–Crippen MR) is 85.5 cm³/mol. The molecule has 0 saturated heterocycles. The molecule has 0 heterocycles. The van der Waals surface area contributed by atoms with Crippen molar-refractivity contribution in [1.82, 2.24) is 0 Å². The highest BCUT2D eigenvalue weighted by Gasteiger charge is 2.10. The predicted octanol–water partition coefficient (Wildman–Crippen LogP) is 3.79. The summed E-state index contributed by atoms with van der Waals surface area (Å²) in [5, 5.41) is 9.66. The maximum atomic E-state index is 11.0. The van der Waals surface area contributed by atoms with Gasteiger partial charge in [0.1, 0.15) is 11.3 Å². The van der Waals surface area contributed by atoms with E-state index in [1.165, 1.54) is 17.8 Å². The Bertz CT molecular complexity index is 628. The van der Waals surface area contributed by atoms with E-state index in [2.05, 4.69) is 0 Å². The quantitative estimate of drug-likeness (QED) is 0.480. The van der Waals surface area contributed by atoms with Gasteiger partial charge in [0, 0.05) is 16.3 Å². The minimum absolute atomic E-state index is 0.153. The lowest BCUT2D eigenvalue weighted by atomic mass is 10.2. The molecule has 0 aromatic heterocycles. The lowest BCUT2D eigenvalue weighted by molar-refractivity contribution is 0.0692. The van der Waals surface area contributed by atoms with Crippen molar-refractivity contribution in [1.29, 1.82) is 0 Å². The van der Waals surface area contributed by atoms with E-state index in [0.717, 1.165) is 4.90 Å². The highest BCUT2D eigenvalue weighted by Crippen LogP contribution is 2.32. The highest BCUT2D eigenvalue weighted by molar-refractivity contribution is 7.99. The molecular weight excluding hydrogens is 310 g/mol. The minimum Gasteiger partial charge on any atom is -0.492 e. The molecule has 0 unspecified atom stereocenters. The number of nitrogen functional groups attached to an aromatic ring is 1. The lowest BCUT2D eigenvalue weighted by Crippen LogP contribution is -2.06. The zero-order valence-electron chi connectivity index (χ0n) is 11.1. The normalized spacial score (nSPS) is 10.3. The number of carbonyl (C=O) groups is 1. The largest absolute Gasteiger partial charge is 0.492 e. The smallest absolute Gasteiger partial charge is 0.339 e. The minimum atomic E-state index is -1.01. The van der Waals surface area contributed by atoms with Crippen molar-refractivity contribution in [3.05, 3.63) is 53.1 Å². The SMILES string of the molecule is Nc1cccc(Cl)c1SCCOc1ccccc1C(=O)O. The van der Waals surface area contributed by atoms with E-state index in [0.29, 0.717) is 28.8 Å². The Morgan fingerprint density at radius 3 is 2.71 bits per heavy atom. The Hall–Kier alpha value is -1.85. The van der Waals surface area contributed by atoms with Gasteiger partial charge in [-0.3, -0.25) is 0 Å². The van der Waals surface area contributed by atoms with Crippen LogP contribution in [-0.4, -0.2) is 23.4 Å². The van der Waals surface area contributed by atoms with Gasteiger partial charge < -0.3 is 15.6 Å². The fourth-order valence-electron chi connectivity index (χ4n) is 1.74. The summed E-state index contributed by atoms with van der Waals surface area (Å²) in [4.78, 5) is 11.9. The monoisotopic (exact) mass is 323 g/mol. The molecule has 0 amide bonds. The number of aromatic carboxylic acids is 1. The van der Waals surface area contributed by atoms with Gasteiger partial charge in [-0.15, -0.1) is 11.8 Å². The standard InChI is InChI=1S/C15H14ClNO3S/c16-11-5-3-6-12(17)14(11)21-9-8-20-13-7-2-1-4-10(13)15(18)19/h1-7H,8-9,17H2,(H,18,19). The summed E-state index contributed by atoms with van der Waals surface area (Å²) in [5.41, 5.74) is 6.63. The van der Waals surface area contributed by atoms with E-state index in [1.807, 2.05) is 0 Å². The number of hydrogen-bond donors (Lipinski definition) is 2. The summed E-state index contributed by atoms with van der Waals surface area (Å²) in [6.07, 6.45) is 0. The van der Waals surface area contributed by atoms with Crippen molar-refractivity contribution in [2.75, 3.05) is 18.1 Å². The Morgan fingerprint density at radius 1 is 1.24 bits per heavy atom. The first-order valence-corrected chi connectivity index (χ1v) is 7.58. The third-order valence-corrected chi connectivity index (χ3v) is 4.24. The number of halogens is 1. The molecule has 0 radical (unpaired) electrons. The van der Waals surface area contributed by atoms with Crippen molar-refractivity contribution in [3.63, 3.8) is 0 Å². The van der Waals surface area contributed by atoms with Crippen LogP contribution in [0, 0.1) is 0 Å².